The zero-order valence-electron chi connectivity index (χ0n) is 13.0. The molecule has 1 aromatic heterocycles. The maximum absolute atomic E-state index is 5.36. The third kappa shape index (κ3) is 2.78. The molecule has 4 nitrogen and oxygen atoms in total. The van der Waals surface area contributed by atoms with Gasteiger partial charge in [-0.25, -0.2) is 9.67 Å². The van der Waals surface area contributed by atoms with Gasteiger partial charge in [0.05, 0.1) is 5.69 Å². The molecule has 1 atom stereocenters. The van der Waals surface area contributed by atoms with Crippen molar-refractivity contribution in [1.29, 1.82) is 0 Å². The molecule has 3 aromatic rings. The lowest BCUT2D eigenvalue weighted by Crippen LogP contribution is -2.08. The largest absolute Gasteiger partial charge is 0.374 e. The minimum absolute atomic E-state index is 0.106. The Labute approximate surface area is 130 Å². The lowest BCUT2D eigenvalue weighted by Gasteiger charge is -2.12. The first-order valence-electron chi connectivity index (χ1n) is 7.29. The molecule has 22 heavy (non-hydrogen) atoms. The number of hydrogen-bond acceptors (Lipinski definition) is 3. The van der Waals surface area contributed by atoms with E-state index in [2.05, 4.69) is 53.4 Å². The Morgan fingerprint density at radius 1 is 1.05 bits per heavy atom. The summed E-state index contributed by atoms with van der Waals surface area (Å²) >= 11 is 0. The Kier molecular flexibility index (Phi) is 4.02. The Bertz CT molecular complexity index is 762. The highest BCUT2D eigenvalue weighted by molar-refractivity contribution is 5.66. The topological polar surface area (TPSA) is 39.9 Å². The van der Waals surface area contributed by atoms with E-state index in [0.717, 1.165) is 17.1 Å². The molecule has 112 valence electrons. The van der Waals surface area contributed by atoms with Gasteiger partial charge in [0.25, 0.3) is 0 Å². The van der Waals surface area contributed by atoms with Crippen LogP contribution in [0, 0.1) is 6.92 Å². The first-order valence-corrected chi connectivity index (χ1v) is 7.29. The first-order chi connectivity index (χ1) is 10.7. The van der Waals surface area contributed by atoms with Crippen molar-refractivity contribution in [2.24, 2.45) is 0 Å². The number of ether oxygens (including phenoxy) is 1. The smallest absolute Gasteiger partial charge is 0.160 e. The van der Waals surface area contributed by atoms with Crippen LogP contribution in [0.1, 0.15) is 24.4 Å². The molecule has 3 rings (SSSR count). The fraction of sp³-hybridized carbons (Fsp3) is 0.222. The highest BCUT2D eigenvalue weighted by Gasteiger charge is 2.13. The SMILES string of the molecule is COC(C)c1ncnn1-c1cccc(-c2ccc(C)cc2)c1. The molecule has 0 saturated heterocycles. The van der Waals surface area contributed by atoms with Crippen molar-refractivity contribution < 1.29 is 4.74 Å². The maximum Gasteiger partial charge on any atom is 0.160 e. The summed E-state index contributed by atoms with van der Waals surface area (Å²) in [5.74, 6) is 0.795. The predicted molar refractivity (Wildman–Crippen MR) is 87.0 cm³/mol. The number of nitrogens with zero attached hydrogens (tertiary/aromatic N) is 3. The fourth-order valence-electron chi connectivity index (χ4n) is 2.40. The van der Waals surface area contributed by atoms with E-state index in [0.29, 0.717) is 0 Å². The van der Waals surface area contributed by atoms with Crippen LogP contribution in [0.4, 0.5) is 0 Å². The molecule has 0 aliphatic rings. The van der Waals surface area contributed by atoms with Crippen LogP contribution in [0.5, 0.6) is 0 Å². The van der Waals surface area contributed by atoms with Crippen LogP contribution in [-0.4, -0.2) is 21.9 Å². The number of methoxy groups -OCH3 is 1. The van der Waals surface area contributed by atoms with E-state index >= 15 is 0 Å². The molecule has 0 bridgehead atoms. The second-order valence-electron chi connectivity index (χ2n) is 5.32. The van der Waals surface area contributed by atoms with Crippen LogP contribution < -0.4 is 0 Å². The monoisotopic (exact) mass is 293 g/mol. The third-order valence-electron chi connectivity index (χ3n) is 3.77. The molecule has 0 radical (unpaired) electrons. The molecule has 0 amide bonds. The summed E-state index contributed by atoms with van der Waals surface area (Å²) in [5.41, 5.74) is 4.58. The molecule has 0 fully saturated rings. The van der Waals surface area contributed by atoms with Crippen molar-refractivity contribution in [3.8, 4) is 16.8 Å². The molecule has 4 heteroatoms. The van der Waals surface area contributed by atoms with Gasteiger partial charge in [-0.15, -0.1) is 0 Å². The van der Waals surface area contributed by atoms with E-state index in [1.54, 1.807) is 13.4 Å². The highest BCUT2D eigenvalue weighted by Crippen LogP contribution is 2.24. The molecule has 0 aliphatic carbocycles. The predicted octanol–water partition coefficient (Wildman–Crippen LogP) is 3.95. The molecule has 1 unspecified atom stereocenters. The van der Waals surface area contributed by atoms with Gasteiger partial charge in [-0.2, -0.15) is 5.10 Å². The summed E-state index contributed by atoms with van der Waals surface area (Å²) in [5, 5.41) is 4.33. The fourth-order valence-corrected chi connectivity index (χ4v) is 2.40. The zero-order chi connectivity index (χ0) is 15.5. The summed E-state index contributed by atoms with van der Waals surface area (Å²) in [6, 6.07) is 16.8. The molecular formula is C18H19N3O. The zero-order valence-corrected chi connectivity index (χ0v) is 13.0. The molecule has 0 N–H and O–H groups in total. The summed E-state index contributed by atoms with van der Waals surface area (Å²) in [4.78, 5) is 4.30. The minimum atomic E-state index is -0.106. The average Bonchev–Trinajstić information content (AvgIpc) is 3.04. The van der Waals surface area contributed by atoms with Gasteiger partial charge in [-0.3, -0.25) is 0 Å². The van der Waals surface area contributed by atoms with Gasteiger partial charge in [0.2, 0.25) is 0 Å². The Morgan fingerprint density at radius 2 is 1.82 bits per heavy atom. The van der Waals surface area contributed by atoms with Crippen LogP contribution in [0.3, 0.4) is 0 Å². The molecule has 0 spiro atoms. The number of hydrogen-bond donors (Lipinski definition) is 0. The van der Waals surface area contributed by atoms with Crippen LogP contribution in [-0.2, 0) is 4.74 Å². The average molecular weight is 293 g/mol. The molecule has 2 aromatic carbocycles. The molecule has 1 heterocycles. The standard InChI is InChI=1S/C18H19N3O/c1-13-7-9-15(10-8-13)16-5-4-6-17(11-16)21-18(14(2)22-3)19-12-20-21/h4-12,14H,1-3H3. The van der Waals surface area contributed by atoms with Crippen molar-refractivity contribution in [2.75, 3.05) is 7.11 Å². The maximum atomic E-state index is 5.36. The Hall–Kier alpha value is -2.46. The van der Waals surface area contributed by atoms with Crippen LogP contribution in [0.25, 0.3) is 16.8 Å². The number of aryl methyl sites for hydroxylation is 1. The molecule has 0 aliphatic heterocycles. The van der Waals surface area contributed by atoms with E-state index in [1.165, 1.54) is 11.1 Å². The van der Waals surface area contributed by atoms with Crippen LogP contribution in [0.2, 0.25) is 0 Å². The van der Waals surface area contributed by atoms with E-state index in [-0.39, 0.29) is 6.10 Å². The van der Waals surface area contributed by atoms with Gasteiger partial charge < -0.3 is 4.74 Å². The van der Waals surface area contributed by atoms with E-state index in [1.807, 2.05) is 23.7 Å². The van der Waals surface area contributed by atoms with Crippen molar-refractivity contribution in [1.82, 2.24) is 14.8 Å². The first kappa shape index (κ1) is 14.5. The van der Waals surface area contributed by atoms with Gasteiger partial charge in [-0.1, -0.05) is 42.0 Å². The quantitative estimate of drug-likeness (QED) is 0.731. The van der Waals surface area contributed by atoms with Gasteiger partial charge >= 0.3 is 0 Å². The number of aromatic nitrogens is 3. The van der Waals surface area contributed by atoms with Gasteiger partial charge in [0.1, 0.15) is 12.4 Å². The Morgan fingerprint density at radius 3 is 2.55 bits per heavy atom. The molecular weight excluding hydrogens is 274 g/mol. The van der Waals surface area contributed by atoms with E-state index < -0.39 is 0 Å². The second kappa shape index (κ2) is 6.12. The number of rotatable bonds is 4. The highest BCUT2D eigenvalue weighted by atomic mass is 16.5. The van der Waals surface area contributed by atoms with Gasteiger partial charge in [0, 0.05) is 7.11 Å². The summed E-state index contributed by atoms with van der Waals surface area (Å²) in [6.07, 6.45) is 1.45. The Balaban J connectivity index is 2.01. The lowest BCUT2D eigenvalue weighted by atomic mass is 10.0. The van der Waals surface area contributed by atoms with Crippen molar-refractivity contribution in [3.05, 3.63) is 66.2 Å². The van der Waals surface area contributed by atoms with Crippen LogP contribution >= 0.6 is 0 Å². The van der Waals surface area contributed by atoms with Gasteiger partial charge in [0.15, 0.2) is 5.82 Å². The summed E-state index contributed by atoms with van der Waals surface area (Å²) in [7, 11) is 1.67. The summed E-state index contributed by atoms with van der Waals surface area (Å²) < 4.78 is 7.19. The van der Waals surface area contributed by atoms with E-state index in [9.17, 15) is 0 Å². The van der Waals surface area contributed by atoms with Crippen LogP contribution in [0.15, 0.2) is 54.9 Å². The lowest BCUT2D eigenvalue weighted by molar-refractivity contribution is 0.110. The third-order valence-corrected chi connectivity index (χ3v) is 3.77. The van der Waals surface area contributed by atoms with E-state index in [4.69, 9.17) is 4.74 Å². The van der Waals surface area contributed by atoms with Crippen molar-refractivity contribution >= 4 is 0 Å². The normalized spacial score (nSPS) is 12.3. The van der Waals surface area contributed by atoms with Crippen molar-refractivity contribution in [3.63, 3.8) is 0 Å². The number of benzene rings is 2. The minimum Gasteiger partial charge on any atom is -0.374 e. The summed E-state index contributed by atoms with van der Waals surface area (Å²) in [6.45, 7) is 4.05. The second-order valence-corrected chi connectivity index (χ2v) is 5.32. The molecule has 0 saturated carbocycles. The van der Waals surface area contributed by atoms with Crippen molar-refractivity contribution in [2.45, 2.75) is 20.0 Å². The van der Waals surface area contributed by atoms with Gasteiger partial charge in [-0.05, 0) is 37.1 Å².